The monoisotopic (exact) mass is 360 g/mol. The van der Waals surface area contributed by atoms with Crippen molar-refractivity contribution in [1.29, 1.82) is 0 Å². The molecule has 0 fully saturated rings. The lowest BCUT2D eigenvalue weighted by atomic mass is 9.95. The van der Waals surface area contributed by atoms with Crippen LogP contribution in [0.1, 0.15) is 25.0 Å². The van der Waals surface area contributed by atoms with Gasteiger partial charge >= 0.3 is 0 Å². The third-order valence-corrected chi connectivity index (χ3v) is 4.75. The first kappa shape index (κ1) is 17.2. The van der Waals surface area contributed by atoms with E-state index in [0.29, 0.717) is 16.8 Å². The second kappa shape index (κ2) is 6.21. The van der Waals surface area contributed by atoms with Crippen LogP contribution in [0.4, 0.5) is 0 Å². The minimum absolute atomic E-state index is 0.0758. The fraction of sp³-hybridized carbons (Fsp3) is 0.182. The van der Waals surface area contributed by atoms with E-state index in [2.05, 4.69) is 9.97 Å². The van der Waals surface area contributed by atoms with Gasteiger partial charge in [-0.2, -0.15) is 0 Å². The number of nitrogens with zero attached hydrogens (tertiary/aromatic N) is 1. The second-order valence-corrected chi connectivity index (χ2v) is 7.27. The van der Waals surface area contributed by atoms with Crippen molar-refractivity contribution >= 4 is 10.9 Å². The van der Waals surface area contributed by atoms with Crippen LogP contribution in [0.3, 0.4) is 0 Å². The van der Waals surface area contributed by atoms with Crippen molar-refractivity contribution in [2.45, 2.75) is 26.4 Å². The molecule has 0 radical (unpaired) electrons. The van der Waals surface area contributed by atoms with Crippen LogP contribution >= 0.6 is 0 Å². The SMILES string of the molecule is Cc1cc2[nH]c(-c3cccc(C(C)(C)O)c3)cc(=O)c2cc1-c1cnco1. The predicted octanol–water partition coefficient (Wildman–Crippen LogP) is 4.39. The summed E-state index contributed by atoms with van der Waals surface area (Å²) in [6.07, 6.45) is 3.01. The van der Waals surface area contributed by atoms with Gasteiger partial charge in [-0.1, -0.05) is 18.2 Å². The number of nitrogens with one attached hydrogen (secondary N) is 1. The number of aromatic nitrogens is 2. The van der Waals surface area contributed by atoms with E-state index >= 15 is 0 Å². The maximum atomic E-state index is 12.8. The Balaban J connectivity index is 1.88. The lowest BCUT2D eigenvalue weighted by Gasteiger charge is -2.18. The highest BCUT2D eigenvalue weighted by atomic mass is 16.3. The molecule has 136 valence electrons. The van der Waals surface area contributed by atoms with Crippen LogP contribution in [0.5, 0.6) is 0 Å². The standard InChI is InChI=1S/C22H20N2O3/c1-13-7-19-17(9-16(13)21-11-23-12-27-21)20(25)10-18(24-19)14-5-4-6-15(8-14)22(2,3)26/h4-12,26H,1-3H3,(H,24,25). The summed E-state index contributed by atoms with van der Waals surface area (Å²) in [5, 5.41) is 10.9. The molecule has 0 aliphatic carbocycles. The summed E-state index contributed by atoms with van der Waals surface area (Å²) in [5.41, 5.74) is 3.92. The van der Waals surface area contributed by atoms with Crippen molar-refractivity contribution in [1.82, 2.24) is 9.97 Å². The molecule has 0 saturated carbocycles. The summed E-state index contributed by atoms with van der Waals surface area (Å²) in [7, 11) is 0. The topological polar surface area (TPSA) is 79.1 Å². The van der Waals surface area contributed by atoms with Gasteiger partial charge in [-0.25, -0.2) is 4.98 Å². The zero-order chi connectivity index (χ0) is 19.2. The highest BCUT2D eigenvalue weighted by Gasteiger charge is 2.17. The van der Waals surface area contributed by atoms with E-state index in [4.69, 9.17) is 4.42 Å². The summed E-state index contributed by atoms with van der Waals surface area (Å²) in [6.45, 7) is 5.45. The lowest BCUT2D eigenvalue weighted by molar-refractivity contribution is 0.0786. The van der Waals surface area contributed by atoms with E-state index in [1.54, 1.807) is 26.1 Å². The average molecular weight is 360 g/mol. The Bertz CT molecular complexity index is 1180. The normalized spacial score (nSPS) is 11.9. The molecule has 0 unspecified atom stereocenters. The Morgan fingerprint density at radius 2 is 1.96 bits per heavy atom. The van der Waals surface area contributed by atoms with E-state index in [-0.39, 0.29) is 5.43 Å². The summed E-state index contributed by atoms with van der Waals surface area (Å²) in [6, 6.07) is 12.9. The molecule has 4 aromatic rings. The second-order valence-electron chi connectivity index (χ2n) is 7.27. The first-order valence-corrected chi connectivity index (χ1v) is 8.73. The minimum Gasteiger partial charge on any atom is -0.444 e. The molecule has 2 N–H and O–H groups in total. The summed E-state index contributed by atoms with van der Waals surface area (Å²) in [4.78, 5) is 20.1. The molecule has 0 atom stereocenters. The van der Waals surface area contributed by atoms with Gasteiger partial charge in [-0.15, -0.1) is 0 Å². The van der Waals surface area contributed by atoms with Crippen molar-refractivity contribution in [2.24, 2.45) is 0 Å². The van der Waals surface area contributed by atoms with Gasteiger partial charge in [0.15, 0.2) is 17.6 Å². The third kappa shape index (κ3) is 3.17. The first-order valence-electron chi connectivity index (χ1n) is 8.73. The molecule has 0 aliphatic heterocycles. The number of hydrogen-bond donors (Lipinski definition) is 2. The highest BCUT2D eigenvalue weighted by molar-refractivity contribution is 5.87. The zero-order valence-corrected chi connectivity index (χ0v) is 15.4. The molecule has 4 rings (SSSR count). The van der Waals surface area contributed by atoms with Gasteiger partial charge in [0.05, 0.1) is 17.3 Å². The van der Waals surface area contributed by atoms with Crippen LogP contribution < -0.4 is 5.43 Å². The summed E-state index contributed by atoms with van der Waals surface area (Å²) >= 11 is 0. The number of benzene rings is 2. The zero-order valence-electron chi connectivity index (χ0n) is 15.4. The smallest absolute Gasteiger partial charge is 0.190 e. The number of fused-ring (bicyclic) bond motifs is 1. The summed E-state index contributed by atoms with van der Waals surface area (Å²) < 4.78 is 5.38. The molecule has 5 nitrogen and oxygen atoms in total. The van der Waals surface area contributed by atoms with Gasteiger partial charge < -0.3 is 14.5 Å². The Labute approximate surface area is 156 Å². The van der Waals surface area contributed by atoms with Crippen molar-refractivity contribution in [3.63, 3.8) is 0 Å². The maximum absolute atomic E-state index is 12.8. The molecular formula is C22H20N2O3. The molecule has 2 aromatic carbocycles. The number of hydrogen-bond acceptors (Lipinski definition) is 4. The predicted molar refractivity (Wildman–Crippen MR) is 105 cm³/mol. The Hall–Kier alpha value is -3.18. The number of aryl methyl sites for hydroxylation is 1. The molecule has 27 heavy (non-hydrogen) atoms. The molecule has 0 saturated heterocycles. The largest absolute Gasteiger partial charge is 0.444 e. The average Bonchev–Trinajstić information content (AvgIpc) is 3.15. The van der Waals surface area contributed by atoms with E-state index in [1.807, 2.05) is 43.3 Å². The molecular weight excluding hydrogens is 340 g/mol. The van der Waals surface area contributed by atoms with E-state index in [0.717, 1.165) is 27.8 Å². The number of aliphatic hydroxyl groups is 1. The van der Waals surface area contributed by atoms with Crippen molar-refractivity contribution in [2.75, 3.05) is 0 Å². The third-order valence-electron chi connectivity index (χ3n) is 4.75. The fourth-order valence-electron chi connectivity index (χ4n) is 3.24. The lowest BCUT2D eigenvalue weighted by Crippen LogP contribution is -2.15. The van der Waals surface area contributed by atoms with Gasteiger partial charge in [0.1, 0.15) is 0 Å². The molecule has 2 heterocycles. The van der Waals surface area contributed by atoms with Crippen LogP contribution in [0, 0.1) is 6.92 Å². The van der Waals surface area contributed by atoms with Crippen LogP contribution in [-0.2, 0) is 5.60 Å². The van der Waals surface area contributed by atoms with E-state index in [1.165, 1.54) is 6.39 Å². The van der Waals surface area contributed by atoms with Crippen molar-refractivity contribution in [3.8, 4) is 22.6 Å². The van der Waals surface area contributed by atoms with E-state index < -0.39 is 5.60 Å². The quantitative estimate of drug-likeness (QED) is 0.568. The molecule has 5 heteroatoms. The van der Waals surface area contributed by atoms with Crippen LogP contribution in [0.2, 0.25) is 0 Å². The number of oxazole rings is 1. The van der Waals surface area contributed by atoms with Crippen molar-refractivity contribution in [3.05, 3.63) is 76.4 Å². The van der Waals surface area contributed by atoms with Crippen LogP contribution in [-0.4, -0.2) is 15.1 Å². The first-order chi connectivity index (χ1) is 12.8. The highest BCUT2D eigenvalue weighted by Crippen LogP contribution is 2.29. The van der Waals surface area contributed by atoms with Gasteiger partial charge in [-0.05, 0) is 55.7 Å². The molecule has 2 aromatic heterocycles. The summed E-state index contributed by atoms with van der Waals surface area (Å²) in [5.74, 6) is 0.635. The van der Waals surface area contributed by atoms with Crippen LogP contribution in [0.25, 0.3) is 33.5 Å². The van der Waals surface area contributed by atoms with Gasteiger partial charge in [0.2, 0.25) is 0 Å². The molecule has 0 spiro atoms. The van der Waals surface area contributed by atoms with Crippen molar-refractivity contribution < 1.29 is 9.52 Å². The molecule has 0 aliphatic rings. The van der Waals surface area contributed by atoms with Gasteiger partial charge in [0.25, 0.3) is 0 Å². The number of rotatable bonds is 3. The number of H-pyrrole nitrogens is 1. The van der Waals surface area contributed by atoms with Crippen LogP contribution in [0.15, 0.2) is 64.3 Å². The van der Waals surface area contributed by atoms with Gasteiger partial charge in [-0.3, -0.25) is 4.79 Å². The Kier molecular flexibility index (Phi) is 3.97. The van der Waals surface area contributed by atoms with Gasteiger partial charge in [0, 0.05) is 22.7 Å². The Morgan fingerprint density at radius 3 is 2.67 bits per heavy atom. The number of aromatic amines is 1. The van der Waals surface area contributed by atoms with E-state index in [9.17, 15) is 9.90 Å². The molecule has 0 bridgehead atoms. The Morgan fingerprint density at radius 1 is 1.15 bits per heavy atom. The molecule has 0 amide bonds. The fourth-order valence-corrected chi connectivity index (χ4v) is 3.24. The minimum atomic E-state index is -0.949. The maximum Gasteiger partial charge on any atom is 0.190 e. The number of pyridine rings is 1.